The van der Waals surface area contributed by atoms with Crippen molar-refractivity contribution < 1.29 is 14.4 Å². The van der Waals surface area contributed by atoms with E-state index in [9.17, 15) is 14.4 Å². The first-order valence-corrected chi connectivity index (χ1v) is 12.1. The van der Waals surface area contributed by atoms with E-state index in [2.05, 4.69) is 30.9 Å². The number of hydrogen-bond acceptors (Lipinski definition) is 8. The monoisotopic (exact) mass is 507 g/mol. The first-order valence-electron chi connectivity index (χ1n) is 12.1. The summed E-state index contributed by atoms with van der Waals surface area (Å²) in [5.41, 5.74) is 2.25. The van der Waals surface area contributed by atoms with Gasteiger partial charge < -0.3 is 16.0 Å². The predicted octanol–water partition coefficient (Wildman–Crippen LogP) is 4.68. The van der Waals surface area contributed by atoms with Crippen molar-refractivity contribution in [3.05, 3.63) is 95.9 Å². The summed E-state index contributed by atoms with van der Waals surface area (Å²) < 4.78 is 0. The molecule has 190 valence electrons. The summed E-state index contributed by atoms with van der Waals surface area (Å²) in [5.74, 6) is 1.68. The highest BCUT2D eigenvalue weighted by Gasteiger charge is 2.34. The van der Waals surface area contributed by atoms with E-state index in [-0.39, 0.29) is 30.7 Å². The van der Waals surface area contributed by atoms with Gasteiger partial charge in [-0.25, -0.2) is 15.0 Å². The summed E-state index contributed by atoms with van der Waals surface area (Å²) in [7, 11) is 0. The molecule has 4 aromatic rings. The van der Waals surface area contributed by atoms with Crippen molar-refractivity contribution in [2.24, 2.45) is 0 Å². The van der Waals surface area contributed by atoms with Crippen LogP contribution in [0, 0.1) is 6.92 Å². The second-order valence-electron chi connectivity index (χ2n) is 8.69. The first kappa shape index (κ1) is 24.6. The number of nitrogens with one attached hydrogen (secondary N) is 3. The third-order valence-corrected chi connectivity index (χ3v) is 5.86. The molecule has 1 aliphatic heterocycles. The van der Waals surface area contributed by atoms with Gasteiger partial charge in [0.15, 0.2) is 0 Å². The van der Waals surface area contributed by atoms with Crippen LogP contribution in [0.5, 0.6) is 0 Å². The summed E-state index contributed by atoms with van der Waals surface area (Å²) in [6.07, 6.45) is 2.25. The molecule has 0 spiro atoms. The molecule has 0 radical (unpaired) electrons. The van der Waals surface area contributed by atoms with Gasteiger partial charge in [0.25, 0.3) is 11.8 Å². The second kappa shape index (κ2) is 10.9. The van der Waals surface area contributed by atoms with Gasteiger partial charge >= 0.3 is 0 Å². The molecule has 10 nitrogen and oxygen atoms in total. The summed E-state index contributed by atoms with van der Waals surface area (Å²) in [5, 5.41) is 9.24. The van der Waals surface area contributed by atoms with Gasteiger partial charge in [-0.2, -0.15) is 0 Å². The quantitative estimate of drug-likeness (QED) is 0.279. The number of anilines is 5. The molecule has 0 bridgehead atoms. The number of benzene rings is 2. The SMILES string of the molecule is Cc1nc(Nc2ccc(NC(=O)CCCN3C(=O)c4ccccc4C3=O)cc2)cc(Nc2ccccn2)n1. The van der Waals surface area contributed by atoms with Crippen molar-refractivity contribution in [1.82, 2.24) is 19.9 Å². The molecular formula is C28H25N7O3. The van der Waals surface area contributed by atoms with Crippen LogP contribution in [0.3, 0.4) is 0 Å². The van der Waals surface area contributed by atoms with Gasteiger partial charge in [-0.3, -0.25) is 19.3 Å². The normalized spacial score (nSPS) is 12.3. The Morgan fingerprint density at radius 3 is 2.08 bits per heavy atom. The number of aryl methyl sites for hydroxylation is 1. The van der Waals surface area contributed by atoms with Crippen LogP contribution < -0.4 is 16.0 Å². The number of nitrogens with zero attached hydrogens (tertiary/aromatic N) is 4. The lowest BCUT2D eigenvalue weighted by atomic mass is 10.1. The van der Waals surface area contributed by atoms with Crippen molar-refractivity contribution in [2.75, 3.05) is 22.5 Å². The molecule has 2 aromatic carbocycles. The second-order valence-corrected chi connectivity index (χ2v) is 8.69. The van der Waals surface area contributed by atoms with Crippen molar-refractivity contribution in [1.29, 1.82) is 0 Å². The van der Waals surface area contributed by atoms with Gasteiger partial charge in [-0.1, -0.05) is 18.2 Å². The predicted molar refractivity (Wildman–Crippen MR) is 144 cm³/mol. The lowest BCUT2D eigenvalue weighted by Crippen LogP contribution is -2.31. The molecule has 3 N–H and O–H groups in total. The minimum atomic E-state index is -0.312. The van der Waals surface area contributed by atoms with Crippen LogP contribution in [0.15, 0.2) is 79.0 Å². The Balaban J connectivity index is 1.12. The number of rotatable bonds is 9. The van der Waals surface area contributed by atoms with Crippen molar-refractivity contribution >= 4 is 46.5 Å². The van der Waals surface area contributed by atoms with E-state index >= 15 is 0 Å². The number of carbonyl (C=O) groups excluding carboxylic acids is 3. The number of aromatic nitrogens is 3. The average Bonchev–Trinajstić information content (AvgIpc) is 3.15. The Kier molecular flexibility index (Phi) is 7.03. The maximum Gasteiger partial charge on any atom is 0.261 e. The standard InChI is InChI=1S/C28H25N7O3/c1-18-30-24(17-25(31-18)34-23-9-4-5-15-29-23)32-19-11-13-20(14-12-19)33-26(36)10-6-16-35-27(37)21-7-2-3-8-22(21)28(35)38/h2-5,7-9,11-15,17H,6,10,16H2,1H3,(H,33,36)(H2,29,30,31,32,34). The van der Waals surface area contributed by atoms with Crippen LogP contribution in [-0.2, 0) is 4.79 Å². The Bertz CT molecular complexity index is 1460. The van der Waals surface area contributed by atoms with Gasteiger partial charge in [-0.15, -0.1) is 0 Å². The molecule has 2 aromatic heterocycles. The highest BCUT2D eigenvalue weighted by atomic mass is 16.2. The molecule has 0 saturated heterocycles. The van der Waals surface area contributed by atoms with Crippen LogP contribution >= 0.6 is 0 Å². The van der Waals surface area contributed by atoms with E-state index in [0.717, 1.165) is 5.69 Å². The number of amides is 3. The summed E-state index contributed by atoms with van der Waals surface area (Å²) in [6, 6.07) is 21.3. The third kappa shape index (κ3) is 5.65. The van der Waals surface area contributed by atoms with Gasteiger partial charge in [-0.05, 0) is 61.9 Å². The Morgan fingerprint density at radius 2 is 1.42 bits per heavy atom. The molecule has 0 fully saturated rings. The zero-order valence-corrected chi connectivity index (χ0v) is 20.6. The van der Waals surface area contributed by atoms with Gasteiger partial charge in [0.2, 0.25) is 5.91 Å². The fraction of sp³-hybridized carbons (Fsp3) is 0.143. The fourth-order valence-electron chi connectivity index (χ4n) is 4.11. The van der Waals surface area contributed by atoms with Crippen LogP contribution in [0.25, 0.3) is 0 Å². The van der Waals surface area contributed by atoms with E-state index in [1.807, 2.05) is 37.3 Å². The number of hydrogen-bond donors (Lipinski definition) is 3. The first-order chi connectivity index (χ1) is 18.5. The van der Waals surface area contributed by atoms with E-state index in [4.69, 9.17) is 0 Å². The van der Waals surface area contributed by atoms with E-state index in [0.29, 0.717) is 46.5 Å². The van der Waals surface area contributed by atoms with Crippen LogP contribution in [0.4, 0.5) is 28.8 Å². The molecule has 5 rings (SSSR count). The number of pyridine rings is 1. The molecule has 3 amide bonds. The average molecular weight is 508 g/mol. The Labute approximate surface area is 219 Å². The van der Waals surface area contributed by atoms with E-state index in [1.54, 1.807) is 48.7 Å². The smallest absolute Gasteiger partial charge is 0.261 e. The minimum absolute atomic E-state index is 0.180. The van der Waals surface area contributed by atoms with Crippen molar-refractivity contribution in [3.63, 3.8) is 0 Å². The molecule has 1 aliphatic rings. The topological polar surface area (TPSA) is 129 Å². The molecule has 0 saturated carbocycles. The molecule has 3 heterocycles. The maximum absolute atomic E-state index is 12.4. The van der Waals surface area contributed by atoms with Crippen LogP contribution in [0.1, 0.15) is 39.4 Å². The molecule has 0 aliphatic carbocycles. The number of imide groups is 1. The van der Waals surface area contributed by atoms with Gasteiger partial charge in [0.05, 0.1) is 11.1 Å². The van der Waals surface area contributed by atoms with Crippen LogP contribution in [-0.4, -0.2) is 44.1 Å². The molecule has 10 heteroatoms. The number of fused-ring (bicyclic) bond motifs is 1. The lowest BCUT2D eigenvalue weighted by Gasteiger charge is -2.13. The third-order valence-electron chi connectivity index (χ3n) is 5.86. The largest absolute Gasteiger partial charge is 0.340 e. The molecule has 0 atom stereocenters. The summed E-state index contributed by atoms with van der Waals surface area (Å²) >= 11 is 0. The molecule has 0 unspecified atom stereocenters. The highest BCUT2D eigenvalue weighted by Crippen LogP contribution is 2.23. The van der Waals surface area contributed by atoms with Crippen molar-refractivity contribution in [3.8, 4) is 0 Å². The highest BCUT2D eigenvalue weighted by molar-refractivity contribution is 6.21. The van der Waals surface area contributed by atoms with Gasteiger partial charge in [0.1, 0.15) is 23.3 Å². The van der Waals surface area contributed by atoms with E-state index < -0.39 is 0 Å². The van der Waals surface area contributed by atoms with Gasteiger partial charge in [0, 0.05) is 36.6 Å². The summed E-state index contributed by atoms with van der Waals surface area (Å²) in [6.45, 7) is 2.00. The van der Waals surface area contributed by atoms with E-state index in [1.165, 1.54) is 4.90 Å². The summed E-state index contributed by atoms with van der Waals surface area (Å²) in [4.78, 5) is 51.6. The number of carbonyl (C=O) groups is 3. The maximum atomic E-state index is 12.4. The zero-order chi connectivity index (χ0) is 26.5. The Hall–Kier alpha value is -5.12. The molecular weight excluding hydrogens is 482 g/mol. The lowest BCUT2D eigenvalue weighted by molar-refractivity contribution is -0.116. The van der Waals surface area contributed by atoms with Crippen molar-refractivity contribution in [2.45, 2.75) is 19.8 Å². The fourth-order valence-corrected chi connectivity index (χ4v) is 4.11. The minimum Gasteiger partial charge on any atom is -0.340 e. The Morgan fingerprint density at radius 1 is 0.789 bits per heavy atom. The molecule has 38 heavy (non-hydrogen) atoms. The van der Waals surface area contributed by atoms with Crippen LogP contribution in [0.2, 0.25) is 0 Å². The zero-order valence-electron chi connectivity index (χ0n) is 20.6.